The summed E-state index contributed by atoms with van der Waals surface area (Å²) < 4.78 is 13.8. The van der Waals surface area contributed by atoms with E-state index in [4.69, 9.17) is 0 Å². The van der Waals surface area contributed by atoms with E-state index >= 15 is 0 Å². The number of ketones is 1. The molecule has 1 aliphatic heterocycles. The number of aromatic nitrogens is 1. The number of piperidine rings is 1. The van der Waals surface area contributed by atoms with Crippen LogP contribution in [0.15, 0.2) is 24.3 Å². The Bertz CT molecular complexity index is 650. The second kappa shape index (κ2) is 5.60. The summed E-state index contributed by atoms with van der Waals surface area (Å²) in [6.45, 7) is 3.86. The first-order chi connectivity index (χ1) is 10.2. The molecule has 0 spiro atoms. The molecular weight excluding hydrogens is 267 g/mol. The van der Waals surface area contributed by atoms with E-state index in [1.165, 1.54) is 6.07 Å². The fraction of sp³-hybridized carbons (Fsp3) is 0.471. The van der Waals surface area contributed by atoms with Gasteiger partial charge in [-0.15, -0.1) is 0 Å². The largest absolute Gasteiger partial charge is 0.352 e. The van der Waals surface area contributed by atoms with Crippen LogP contribution in [-0.2, 0) is 0 Å². The van der Waals surface area contributed by atoms with Gasteiger partial charge in [-0.2, -0.15) is 0 Å². The standard InChI is InChI=1S/C17H21FN2O/c1-2-6-17(7-9-19-10-8-17)16(21)15-11-12-13(18)4-3-5-14(12)20-15/h3-5,11,19-20H,2,6-10H2,1H3. The van der Waals surface area contributed by atoms with Gasteiger partial charge in [-0.25, -0.2) is 4.39 Å². The molecule has 1 fully saturated rings. The van der Waals surface area contributed by atoms with Gasteiger partial charge in [-0.1, -0.05) is 19.4 Å². The fourth-order valence-electron chi connectivity index (χ4n) is 3.50. The van der Waals surface area contributed by atoms with Gasteiger partial charge in [-0.05, 0) is 50.6 Å². The molecule has 1 aromatic heterocycles. The number of benzene rings is 1. The minimum Gasteiger partial charge on any atom is -0.352 e. The Morgan fingerprint density at radius 2 is 2.10 bits per heavy atom. The molecule has 2 aromatic rings. The molecule has 0 saturated carbocycles. The summed E-state index contributed by atoms with van der Waals surface area (Å²) in [5.41, 5.74) is 0.946. The van der Waals surface area contributed by atoms with Crippen LogP contribution >= 0.6 is 0 Å². The van der Waals surface area contributed by atoms with Crippen LogP contribution in [-0.4, -0.2) is 23.9 Å². The Hall–Kier alpha value is -1.68. The number of carbonyl (C=O) groups is 1. The zero-order chi connectivity index (χ0) is 14.9. The third-order valence-corrected chi connectivity index (χ3v) is 4.63. The monoisotopic (exact) mass is 288 g/mol. The highest BCUT2D eigenvalue weighted by Gasteiger charge is 2.39. The number of hydrogen-bond donors (Lipinski definition) is 2. The van der Waals surface area contributed by atoms with Crippen molar-refractivity contribution in [2.75, 3.05) is 13.1 Å². The summed E-state index contributed by atoms with van der Waals surface area (Å²) in [5.74, 6) is -0.140. The average molecular weight is 288 g/mol. The Balaban J connectivity index is 1.99. The van der Waals surface area contributed by atoms with Crippen molar-refractivity contribution >= 4 is 16.7 Å². The van der Waals surface area contributed by atoms with Crippen LogP contribution in [0, 0.1) is 11.2 Å². The maximum Gasteiger partial charge on any atom is 0.185 e. The van der Waals surface area contributed by atoms with Crippen molar-refractivity contribution in [2.24, 2.45) is 5.41 Å². The molecule has 0 aliphatic carbocycles. The van der Waals surface area contributed by atoms with E-state index in [2.05, 4.69) is 17.2 Å². The van der Waals surface area contributed by atoms with Gasteiger partial charge in [-0.3, -0.25) is 4.79 Å². The van der Waals surface area contributed by atoms with Crippen LogP contribution in [0.25, 0.3) is 10.9 Å². The van der Waals surface area contributed by atoms with Gasteiger partial charge in [0.05, 0.1) is 5.69 Å². The van der Waals surface area contributed by atoms with E-state index in [1.54, 1.807) is 12.1 Å². The van der Waals surface area contributed by atoms with Gasteiger partial charge < -0.3 is 10.3 Å². The number of rotatable bonds is 4. The molecule has 0 atom stereocenters. The number of fused-ring (bicyclic) bond motifs is 1. The maximum atomic E-state index is 13.8. The van der Waals surface area contributed by atoms with E-state index < -0.39 is 0 Å². The SMILES string of the molecule is CCCC1(C(=O)c2cc3c(F)cccc3[nH]2)CCNCC1. The summed E-state index contributed by atoms with van der Waals surface area (Å²) in [6.07, 6.45) is 3.60. The molecule has 2 heterocycles. The van der Waals surface area contributed by atoms with E-state index in [1.807, 2.05) is 6.07 Å². The number of carbonyl (C=O) groups excluding carboxylic acids is 1. The molecule has 1 aliphatic rings. The number of Topliss-reactive ketones (excluding diaryl/α,β-unsaturated/α-hetero) is 1. The van der Waals surface area contributed by atoms with Crippen LogP contribution in [0.1, 0.15) is 43.1 Å². The van der Waals surface area contributed by atoms with Crippen LogP contribution < -0.4 is 5.32 Å². The molecule has 0 bridgehead atoms. The Kier molecular flexibility index (Phi) is 3.81. The van der Waals surface area contributed by atoms with Crippen molar-refractivity contribution < 1.29 is 9.18 Å². The molecule has 2 N–H and O–H groups in total. The fourth-order valence-corrected chi connectivity index (χ4v) is 3.50. The van der Waals surface area contributed by atoms with Crippen molar-refractivity contribution in [2.45, 2.75) is 32.6 Å². The summed E-state index contributed by atoms with van der Waals surface area (Å²) >= 11 is 0. The minimum atomic E-state index is -0.294. The van der Waals surface area contributed by atoms with E-state index in [-0.39, 0.29) is 17.0 Å². The molecule has 1 aromatic carbocycles. The number of hydrogen-bond acceptors (Lipinski definition) is 2. The highest BCUT2D eigenvalue weighted by atomic mass is 19.1. The Morgan fingerprint density at radius 3 is 2.76 bits per heavy atom. The van der Waals surface area contributed by atoms with Crippen LogP contribution in [0.2, 0.25) is 0 Å². The number of H-pyrrole nitrogens is 1. The smallest absolute Gasteiger partial charge is 0.185 e. The van der Waals surface area contributed by atoms with Crippen LogP contribution in [0.4, 0.5) is 4.39 Å². The predicted molar refractivity (Wildman–Crippen MR) is 82.0 cm³/mol. The molecule has 112 valence electrons. The molecule has 3 rings (SSSR count). The number of halogens is 1. The van der Waals surface area contributed by atoms with Gasteiger partial charge in [0.25, 0.3) is 0 Å². The summed E-state index contributed by atoms with van der Waals surface area (Å²) in [6, 6.07) is 6.57. The molecule has 21 heavy (non-hydrogen) atoms. The second-order valence-electron chi connectivity index (χ2n) is 5.99. The maximum absolute atomic E-state index is 13.8. The topological polar surface area (TPSA) is 44.9 Å². The lowest BCUT2D eigenvalue weighted by Gasteiger charge is -2.35. The molecule has 0 unspecified atom stereocenters. The lowest BCUT2D eigenvalue weighted by molar-refractivity contribution is 0.0699. The van der Waals surface area contributed by atoms with Crippen molar-refractivity contribution in [1.82, 2.24) is 10.3 Å². The first kappa shape index (κ1) is 14.3. The molecule has 0 amide bonds. The average Bonchev–Trinajstić information content (AvgIpc) is 2.93. The lowest BCUT2D eigenvalue weighted by Crippen LogP contribution is -2.42. The highest BCUT2D eigenvalue weighted by Crippen LogP contribution is 2.38. The Morgan fingerprint density at radius 1 is 1.33 bits per heavy atom. The molecule has 0 radical (unpaired) electrons. The zero-order valence-electron chi connectivity index (χ0n) is 12.3. The lowest BCUT2D eigenvalue weighted by atomic mass is 9.71. The second-order valence-corrected chi connectivity index (χ2v) is 5.99. The Labute approximate surface area is 123 Å². The molecule has 3 nitrogen and oxygen atoms in total. The highest BCUT2D eigenvalue weighted by molar-refractivity contribution is 6.03. The molecule has 1 saturated heterocycles. The van der Waals surface area contributed by atoms with Gasteiger partial charge >= 0.3 is 0 Å². The molecular formula is C17H21FN2O. The summed E-state index contributed by atoms with van der Waals surface area (Å²) in [7, 11) is 0. The predicted octanol–water partition coefficient (Wildman–Crippen LogP) is 3.66. The van der Waals surface area contributed by atoms with Crippen molar-refractivity contribution in [3.8, 4) is 0 Å². The van der Waals surface area contributed by atoms with E-state index in [0.717, 1.165) is 38.8 Å². The zero-order valence-corrected chi connectivity index (χ0v) is 12.3. The van der Waals surface area contributed by atoms with Crippen LogP contribution in [0.5, 0.6) is 0 Å². The first-order valence-corrected chi connectivity index (χ1v) is 7.69. The van der Waals surface area contributed by atoms with Crippen molar-refractivity contribution in [3.05, 3.63) is 35.8 Å². The third-order valence-electron chi connectivity index (χ3n) is 4.63. The van der Waals surface area contributed by atoms with Gasteiger partial charge in [0, 0.05) is 16.3 Å². The van der Waals surface area contributed by atoms with E-state index in [0.29, 0.717) is 16.6 Å². The van der Waals surface area contributed by atoms with Gasteiger partial charge in [0.15, 0.2) is 5.78 Å². The third kappa shape index (κ3) is 2.48. The number of nitrogens with one attached hydrogen (secondary N) is 2. The quantitative estimate of drug-likeness (QED) is 0.843. The van der Waals surface area contributed by atoms with Crippen LogP contribution in [0.3, 0.4) is 0 Å². The van der Waals surface area contributed by atoms with Gasteiger partial charge in [0.2, 0.25) is 0 Å². The van der Waals surface area contributed by atoms with Crippen molar-refractivity contribution in [1.29, 1.82) is 0 Å². The number of aromatic amines is 1. The summed E-state index contributed by atoms with van der Waals surface area (Å²) in [5, 5.41) is 3.82. The van der Waals surface area contributed by atoms with Gasteiger partial charge in [0.1, 0.15) is 5.82 Å². The van der Waals surface area contributed by atoms with E-state index in [9.17, 15) is 9.18 Å². The first-order valence-electron chi connectivity index (χ1n) is 7.69. The normalized spacial score (nSPS) is 18.0. The minimum absolute atomic E-state index is 0.140. The van der Waals surface area contributed by atoms with Crippen molar-refractivity contribution in [3.63, 3.8) is 0 Å². The molecule has 4 heteroatoms. The summed E-state index contributed by atoms with van der Waals surface area (Å²) in [4.78, 5) is 16.1.